The number of benzene rings is 1. The van der Waals surface area contributed by atoms with Gasteiger partial charge in [0, 0.05) is 26.9 Å². The van der Waals surface area contributed by atoms with Crippen molar-refractivity contribution in [2.75, 3.05) is 13.2 Å². The molecule has 126 valence electrons. The normalized spacial score (nSPS) is 19.7. The van der Waals surface area contributed by atoms with Crippen molar-refractivity contribution in [3.63, 3.8) is 0 Å². The number of halogens is 2. The lowest BCUT2D eigenvalue weighted by molar-refractivity contribution is -0.139. The van der Waals surface area contributed by atoms with Crippen molar-refractivity contribution in [3.05, 3.63) is 44.6 Å². The fourth-order valence-corrected chi connectivity index (χ4v) is 3.64. The summed E-state index contributed by atoms with van der Waals surface area (Å²) in [4.78, 5) is 38.4. The smallest absolute Gasteiger partial charge is 0.338 e. The summed E-state index contributed by atoms with van der Waals surface area (Å²) in [5, 5.41) is 3.14. The van der Waals surface area contributed by atoms with Gasteiger partial charge in [-0.05, 0) is 26.0 Å². The molecule has 0 aliphatic carbocycles. The molecule has 1 atom stereocenters. The van der Waals surface area contributed by atoms with Crippen LogP contribution < -0.4 is 5.32 Å². The molecule has 2 aliphatic heterocycles. The number of allylic oxidation sites excluding steroid dienone is 1. The first-order valence-electron chi connectivity index (χ1n) is 7.32. The summed E-state index contributed by atoms with van der Waals surface area (Å²) < 4.78 is 5.11. The molecule has 0 fully saturated rings. The van der Waals surface area contributed by atoms with E-state index in [0.29, 0.717) is 21.8 Å². The van der Waals surface area contributed by atoms with Crippen LogP contribution in [0.4, 0.5) is 4.79 Å². The van der Waals surface area contributed by atoms with Gasteiger partial charge in [0.2, 0.25) is 0 Å². The average Bonchev–Trinajstić information content (AvgIpc) is 2.48. The Morgan fingerprint density at radius 3 is 2.75 bits per heavy atom. The summed E-state index contributed by atoms with van der Waals surface area (Å²) >= 11 is 12.3. The van der Waals surface area contributed by atoms with E-state index in [1.165, 1.54) is 17.0 Å². The molecule has 24 heavy (non-hydrogen) atoms. The van der Waals surface area contributed by atoms with Crippen LogP contribution in [-0.2, 0) is 9.53 Å². The van der Waals surface area contributed by atoms with Crippen molar-refractivity contribution >= 4 is 41.0 Å². The highest BCUT2D eigenvalue weighted by Crippen LogP contribution is 2.43. The third-order valence-corrected chi connectivity index (χ3v) is 4.55. The van der Waals surface area contributed by atoms with Crippen molar-refractivity contribution < 1.29 is 19.1 Å². The number of Topliss-reactive ketones (excluding diaryl/α,β-unsaturated/α-hetero) is 1. The molecule has 1 aromatic rings. The van der Waals surface area contributed by atoms with Gasteiger partial charge in [0.1, 0.15) is 0 Å². The van der Waals surface area contributed by atoms with Gasteiger partial charge in [-0.2, -0.15) is 0 Å². The van der Waals surface area contributed by atoms with E-state index in [0.717, 1.165) is 0 Å². The third-order valence-electron chi connectivity index (χ3n) is 4.02. The quantitative estimate of drug-likeness (QED) is 0.813. The van der Waals surface area contributed by atoms with Gasteiger partial charge in [-0.3, -0.25) is 4.79 Å². The highest BCUT2D eigenvalue weighted by atomic mass is 35.5. The van der Waals surface area contributed by atoms with Crippen LogP contribution in [0.1, 0.15) is 35.8 Å². The minimum atomic E-state index is -0.782. The SMILES string of the molecule is CCOC(=O)C1=C(C)NC(=O)N2CC(=O)c3cc(Cl)cc(Cl)c3C12. The zero-order valence-electron chi connectivity index (χ0n) is 13.0. The van der Waals surface area contributed by atoms with Gasteiger partial charge >= 0.3 is 12.0 Å². The Balaban J connectivity index is 2.25. The molecule has 0 aromatic heterocycles. The Morgan fingerprint density at radius 1 is 1.38 bits per heavy atom. The number of amides is 2. The molecule has 3 rings (SSSR count). The maximum Gasteiger partial charge on any atom is 0.338 e. The van der Waals surface area contributed by atoms with Crippen LogP contribution in [0.25, 0.3) is 0 Å². The molecule has 6 nitrogen and oxygen atoms in total. The van der Waals surface area contributed by atoms with E-state index < -0.39 is 18.0 Å². The number of nitrogens with zero attached hydrogens (tertiary/aromatic N) is 1. The van der Waals surface area contributed by atoms with Crippen LogP contribution >= 0.6 is 23.2 Å². The number of urea groups is 1. The topological polar surface area (TPSA) is 75.7 Å². The molecular weight excluding hydrogens is 355 g/mol. The molecule has 0 radical (unpaired) electrons. The predicted octanol–water partition coefficient (Wildman–Crippen LogP) is 3.09. The molecule has 0 saturated heterocycles. The van der Waals surface area contributed by atoms with E-state index in [-0.39, 0.29) is 29.5 Å². The number of hydrogen-bond acceptors (Lipinski definition) is 4. The number of fused-ring (bicyclic) bond motifs is 3. The standard InChI is InChI=1S/C16H14Cl2N2O4/c1-3-24-15(22)12-7(2)19-16(23)20-6-11(21)9-4-8(17)5-10(18)13(9)14(12)20/h4-5,14H,3,6H2,1-2H3,(H,19,23). The van der Waals surface area contributed by atoms with Crippen molar-refractivity contribution in [1.29, 1.82) is 0 Å². The predicted molar refractivity (Wildman–Crippen MR) is 88.1 cm³/mol. The molecule has 2 heterocycles. The molecule has 1 unspecified atom stereocenters. The van der Waals surface area contributed by atoms with Crippen molar-refractivity contribution in [1.82, 2.24) is 10.2 Å². The van der Waals surface area contributed by atoms with Gasteiger partial charge in [0.15, 0.2) is 5.78 Å². The van der Waals surface area contributed by atoms with Gasteiger partial charge < -0.3 is 15.0 Å². The van der Waals surface area contributed by atoms with Crippen LogP contribution in [0.2, 0.25) is 10.0 Å². The van der Waals surface area contributed by atoms with Gasteiger partial charge in [0.25, 0.3) is 0 Å². The minimum Gasteiger partial charge on any atom is -0.463 e. The largest absolute Gasteiger partial charge is 0.463 e. The molecular formula is C16H14Cl2N2O4. The van der Waals surface area contributed by atoms with Gasteiger partial charge in [-0.15, -0.1) is 0 Å². The molecule has 1 N–H and O–H groups in total. The van der Waals surface area contributed by atoms with E-state index in [1.54, 1.807) is 13.8 Å². The number of ether oxygens (including phenoxy) is 1. The molecule has 2 aliphatic rings. The van der Waals surface area contributed by atoms with E-state index in [1.807, 2.05) is 0 Å². The lowest BCUT2D eigenvalue weighted by Gasteiger charge is -2.41. The first kappa shape index (κ1) is 16.8. The van der Waals surface area contributed by atoms with Gasteiger partial charge in [0.05, 0.1) is 24.8 Å². The number of hydrogen-bond donors (Lipinski definition) is 1. The summed E-state index contributed by atoms with van der Waals surface area (Å²) in [5.41, 5.74) is 1.35. The van der Waals surface area contributed by atoms with Crippen molar-refractivity contribution in [2.45, 2.75) is 19.9 Å². The summed E-state index contributed by atoms with van der Waals surface area (Å²) in [6, 6.07) is 1.75. The van der Waals surface area contributed by atoms with Crippen LogP contribution in [0, 0.1) is 0 Å². The summed E-state index contributed by atoms with van der Waals surface area (Å²) in [6.45, 7) is 3.33. The minimum absolute atomic E-state index is 0.170. The first-order valence-corrected chi connectivity index (χ1v) is 8.08. The maximum atomic E-state index is 12.4. The summed E-state index contributed by atoms with van der Waals surface area (Å²) in [7, 11) is 0. The second kappa shape index (κ2) is 6.11. The summed E-state index contributed by atoms with van der Waals surface area (Å²) in [6.07, 6.45) is 0. The number of carbonyl (C=O) groups excluding carboxylic acids is 3. The number of carbonyl (C=O) groups is 3. The fraction of sp³-hybridized carbons (Fsp3) is 0.312. The molecule has 0 bridgehead atoms. The van der Waals surface area contributed by atoms with Crippen molar-refractivity contribution in [2.24, 2.45) is 0 Å². The number of rotatable bonds is 2. The lowest BCUT2D eigenvalue weighted by atomic mass is 9.85. The second-order valence-electron chi connectivity index (χ2n) is 5.49. The molecule has 8 heteroatoms. The zero-order valence-corrected chi connectivity index (χ0v) is 14.5. The highest BCUT2D eigenvalue weighted by Gasteiger charge is 2.45. The van der Waals surface area contributed by atoms with E-state index in [2.05, 4.69) is 5.32 Å². The average molecular weight is 369 g/mol. The molecule has 2 amide bonds. The zero-order chi connectivity index (χ0) is 17.6. The molecule has 0 saturated carbocycles. The lowest BCUT2D eigenvalue weighted by Crippen LogP contribution is -2.53. The van der Waals surface area contributed by atoms with Crippen molar-refractivity contribution in [3.8, 4) is 0 Å². The monoisotopic (exact) mass is 368 g/mol. The summed E-state index contributed by atoms with van der Waals surface area (Å²) in [5.74, 6) is -0.847. The van der Waals surface area contributed by atoms with Gasteiger partial charge in [-0.1, -0.05) is 23.2 Å². The van der Waals surface area contributed by atoms with E-state index in [9.17, 15) is 14.4 Å². The van der Waals surface area contributed by atoms with E-state index in [4.69, 9.17) is 27.9 Å². The number of ketones is 1. The first-order chi connectivity index (χ1) is 11.3. The van der Waals surface area contributed by atoms with Crippen LogP contribution in [-0.4, -0.2) is 35.8 Å². The Hall–Kier alpha value is -2.05. The van der Waals surface area contributed by atoms with Crippen LogP contribution in [0.15, 0.2) is 23.4 Å². The van der Waals surface area contributed by atoms with Crippen LogP contribution in [0.5, 0.6) is 0 Å². The Labute approximate surface area is 148 Å². The number of esters is 1. The molecule has 1 aromatic carbocycles. The Morgan fingerprint density at radius 2 is 2.08 bits per heavy atom. The molecule has 0 spiro atoms. The van der Waals surface area contributed by atoms with Crippen LogP contribution in [0.3, 0.4) is 0 Å². The van der Waals surface area contributed by atoms with Gasteiger partial charge in [-0.25, -0.2) is 9.59 Å². The Kier molecular flexibility index (Phi) is 4.27. The Bertz CT molecular complexity index is 804. The maximum absolute atomic E-state index is 12.4. The third kappa shape index (κ3) is 2.56. The highest BCUT2D eigenvalue weighted by molar-refractivity contribution is 6.36. The van der Waals surface area contributed by atoms with E-state index >= 15 is 0 Å². The fourth-order valence-electron chi connectivity index (χ4n) is 3.05. The second-order valence-corrected chi connectivity index (χ2v) is 6.34. The number of nitrogens with one attached hydrogen (secondary N) is 1.